The van der Waals surface area contributed by atoms with Crippen LogP contribution in [0.15, 0.2) is 16.8 Å². The molecule has 1 aliphatic heterocycles. The highest BCUT2D eigenvalue weighted by Crippen LogP contribution is 2.32. The summed E-state index contributed by atoms with van der Waals surface area (Å²) >= 11 is 1.68. The van der Waals surface area contributed by atoms with Gasteiger partial charge in [-0.1, -0.05) is 0 Å². The normalized spacial score (nSPS) is 21.0. The maximum Gasteiger partial charge on any atom is 0.318 e. The molecule has 0 unspecified atom stereocenters. The summed E-state index contributed by atoms with van der Waals surface area (Å²) in [7, 11) is 1.65. The van der Waals surface area contributed by atoms with Gasteiger partial charge in [0.25, 0.3) is 0 Å². The molecule has 0 saturated carbocycles. The second-order valence-electron chi connectivity index (χ2n) is 4.71. The number of nitrogens with zero attached hydrogens (tertiary/aromatic N) is 1. The second-order valence-corrected chi connectivity index (χ2v) is 5.49. The molecule has 0 aromatic carbocycles. The van der Waals surface area contributed by atoms with E-state index < -0.39 is 0 Å². The number of hydrogen-bond donors (Lipinski definition) is 1. The fourth-order valence-electron chi connectivity index (χ4n) is 2.41. The summed E-state index contributed by atoms with van der Waals surface area (Å²) in [6.07, 6.45) is 2.13. The van der Waals surface area contributed by atoms with E-state index in [1.54, 1.807) is 18.4 Å². The fourth-order valence-corrected chi connectivity index (χ4v) is 3.11. The minimum absolute atomic E-state index is 0.0215. The number of ether oxygens (including phenoxy) is 1. The van der Waals surface area contributed by atoms with Crippen LogP contribution in [0.4, 0.5) is 4.79 Å². The van der Waals surface area contributed by atoms with E-state index in [1.165, 1.54) is 5.56 Å². The van der Waals surface area contributed by atoms with Crippen molar-refractivity contribution in [3.05, 3.63) is 22.4 Å². The molecule has 1 saturated heterocycles. The zero-order valence-corrected chi connectivity index (χ0v) is 11.7. The molecule has 4 nitrogen and oxygen atoms in total. The molecule has 2 atom stereocenters. The minimum atomic E-state index is 0.0215. The van der Waals surface area contributed by atoms with Gasteiger partial charge in [0, 0.05) is 13.7 Å². The summed E-state index contributed by atoms with van der Waals surface area (Å²) < 4.78 is 5.03. The number of carbonyl (C=O) groups excluding carboxylic acids is 1. The summed E-state index contributed by atoms with van der Waals surface area (Å²) in [5.41, 5.74) is 1.26. The Morgan fingerprint density at radius 1 is 1.72 bits per heavy atom. The zero-order chi connectivity index (χ0) is 13.0. The van der Waals surface area contributed by atoms with Crippen molar-refractivity contribution in [2.75, 3.05) is 20.3 Å². The van der Waals surface area contributed by atoms with Crippen LogP contribution in [0, 0.1) is 0 Å². The van der Waals surface area contributed by atoms with Crippen molar-refractivity contribution in [1.82, 2.24) is 10.2 Å². The highest BCUT2D eigenvalue weighted by molar-refractivity contribution is 7.07. The van der Waals surface area contributed by atoms with Crippen molar-refractivity contribution in [3.63, 3.8) is 0 Å². The Hall–Kier alpha value is -1.07. The standard InChI is InChI=1S/C13H20N2O2S/c1-10(8-17-2)14-13(16)15-6-3-4-12(15)11-5-7-18-9-11/h5,7,9-10,12H,3-4,6,8H2,1-2H3,(H,14,16)/t10-,12+/m1/s1. The first-order valence-corrected chi connectivity index (χ1v) is 7.25. The van der Waals surface area contributed by atoms with Crippen LogP contribution < -0.4 is 5.32 Å². The summed E-state index contributed by atoms with van der Waals surface area (Å²) in [5, 5.41) is 7.18. The van der Waals surface area contributed by atoms with Gasteiger partial charge in [-0.05, 0) is 42.2 Å². The van der Waals surface area contributed by atoms with E-state index >= 15 is 0 Å². The molecule has 18 heavy (non-hydrogen) atoms. The fraction of sp³-hybridized carbons (Fsp3) is 0.615. The van der Waals surface area contributed by atoms with Crippen molar-refractivity contribution in [3.8, 4) is 0 Å². The number of likely N-dealkylation sites (tertiary alicyclic amines) is 1. The molecule has 2 rings (SSSR count). The van der Waals surface area contributed by atoms with Gasteiger partial charge >= 0.3 is 6.03 Å². The molecule has 0 radical (unpaired) electrons. The number of amides is 2. The van der Waals surface area contributed by atoms with Crippen LogP contribution in [0.25, 0.3) is 0 Å². The third-order valence-corrected chi connectivity index (χ3v) is 3.93. The van der Waals surface area contributed by atoms with Gasteiger partial charge in [-0.15, -0.1) is 0 Å². The third-order valence-electron chi connectivity index (χ3n) is 3.23. The van der Waals surface area contributed by atoms with Crippen LogP contribution in [0.2, 0.25) is 0 Å². The van der Waals surface area contributed by atoms with Crippen LogP contribution in [-0.2, 0) is 4.74 Å². The lowest BCUT2D eigenvalue weighted by molar-refractivity contribution is 0.157. The van der Waals surface area contributed by atoms with Crippen molar-refractivity contribution in [2.45, 2.75) is 31.8 Å². The molecular weight excluding hydrogens is 248 g/mol. The SMILES string of the molecule is COC[C@@H](C)NC(=O)N1CCC[C@H]1c1ccsc1. The first kappa shape index (κ1) is 13.4. The Labute approximate surface area is 112 Å². The molecule has 1 fully saturated rings. The maximum atomic E-state index is 12.2. The summed E-state index contributed by atoms with van der Waals surface area (Å²) in [5.74, 6) is 0. The number of nitrogens with one attached hydrogen (secondary N) is 1. The lowest BCUT2D eigenvalue weighted by atomic mass is 10.1. The second kappa shape index (κ2) is 6.20. The number of carbonyl (C=O) groups is 1. The quantitative estimate of drug-likeness (QED) is 0.912. The smallest absolute Gasteiger partial charge is 0.318 e. The number of hydrogen-bond acceptors (Lipinski definition) is 3. The van der Waals surface area contributed by atoms with E-state index in [-0.39, 0.29) is 18.1 Å². The van der Waals surface area contributed by atoms with Crippen LogP contribution >= 0.6 is 11.3 Å². The number of urea groups is 1. The Morgan fingerprint density at radius 3 is 3.22 bits per heavy atom. The largest absolute Gasteiger partial charge is 0.383 e. The van der Waals surface area contributed by atoms with Gasteiger partial charge in [-0.25, -0.2) is 4.79 Å². The number of rotatable bonds is 4. The van der Waals surface area contributed by atoms with Crippen molar-refractivity contribution in [1.29, 1.82) is 0 Å². The molecule has 100 valence electrons. The maximum absolute atomic E-state index is 12.2. The Balaban J connectivity index is 1.97. The van der Waals surface area contributed by atoms with Crippen molar-refractivity contribution < 1.29 is 9.53 Å². The molecule has 1 aliphatic rings. The minimum Gasteiger partial charge on any atom is -0.383 e. The zero-order valence-electron chi connectivity index (χ0n) is 10.9. The highest BCUT2D eigenvalue weighted by Gasteiger charge is 2.30. The van der Waals surface area contributed by atoms with E-state index in [0.29, 0.717) is 6.61 Å². The van der Waals surface area contributed by atoms with Crippen LogP contribution in [0.1, 0.15) is 31.4 Å². The van der Waals surface area contributed by atoms with E-state index in [2.05, 4.69) is 22.1 Å². The molecule has 1 aromatic rings. The molecule has 0 spiro atoms. The number of methoxy groups -OCH3 is 1. The summed E-state index contributed by atoms with van der Waals surface area (Å²) in [6, 6.07) is 2.42. The first-order valence-electron chi connectivity index (χ1n) is 6.30. The Kier molecular flexibility index (Phi) is 4.60. The van der Waals surface area contributed by atoms with Crippen LogP contribution in [0.5, 0.6) is 0 Å². The molecule has 2 heterocycles. The van der Waals surface area contributed by atoms with Crippen molar-refractivity contribution >= 4 is 17.4 Å². The molecule has 1 aromatic heterocycles. The Morgan fingerprint density at radius 2 is 2.56 bits per heavy atom. The monoisotopic (exact) mass is 268 g/mol. The molecule has 0 bridgehead atoms. The van der Waals surface area contributed by atoms with Gasteiger partial charge in [0.1, 0.15) is 0 Å². The molecule has 2 amide bonds. The lowest BCUT2D eigenvalue weighted by Gasteiger charge is -2.26. The molecule has 1 N–H and O–H groups in total. The van der Waals surface area contributed by atoms with E-state index in [0.717, 1.165) is 19.4 Å². The summed E-state index contributed by atoms with van der Waals surface area (Å²) in [6.45, 7) is 3.34. The Bertz CT molecular complexity index is 380. The van der Waals surface area contributed by atoms with Gasteiger partial charge in [-0.3, -0.25) is 0 Å². The molecule has 5 heteroatoms. The van der Waals surface area contributed by atoms with Gasteiger partial charge < -0.3 is 15.0 Å². The summed E-state index contributed by atoms with van der Waals surface area (Å²) in [4.78, 5) is 14.1. The van der Waals surface area contributed by atoms with Gasteiger partial charge in [0.15, 0.2) is 0 Å². The first-order chi connectivity index (χ1) is 8.72. The predicted octanol–water partition coefficient (Wildman–Crippen LogP) is 2.63. The average molecular weight is 268 g/mol. The van der Waals surface area contributed by atoms with Gasteiger partial charge in [0.05, 0.1) is 18.7 Å². The van der Waals surface area contributed by atoms with E-state index in [4.69, 9.17) is 4.74 Å². The van der Waals surface area contributed by atoms with E-state index in [9.17, 15) is 4.79 Å². The van der Waals surface area contributed by atoms with Crippen molar-refractivity contribution in [2.24, 2.45) is 0 Å². The highest BCUT2D eigenvalue weighted by atomic mass is 32.1. The molecular formula is C13H20N2O2S. The van der Waals surface area contributed by atoms with Gasteiger partial charge in [0.2, 0.25) is 0 Å². The lowest BCUT2D eigenvalue weighted by Crippen LogP contribution is -2.44. The van der Waals surface area contributed by atoms with Gasteiger partial charge in [-0.2, -0.15) is 11.3 Å². The van der Waals surface area contributed by atoms with Crippen LogP contribution in [0.3, 0.4) is 0 Å². The predicted molar refractivity (Wildman–Crippen MR) is 72.9 cm³/mol. The number of thiophene rings is 1. The van der Waals surface area contributed by atoms with E-state index in [1.807, 2.05) is 11.8 Å². The topological polar surface area (TPSA) is 41.6 Å². The van der Waals surface area contributed by atoms with Crippen LogP contribution in [-0.4, -0.2) is 37.2 Å². The third kappa shape index (κ3) is 3.03. The molecule has 0 aliphatic carbocycles. The average Bonchev–Trinajstić information content (AvgIpc) is 3.00.